The highest BCUT2D eigenvalue weighted by molar-refractivity contribution is 7.89. The van der Waals surface area contributed by atoms with Crippen molar-refractivity contribution in [2.24, 2.45) is 0 Å². The van der Waals surface area contributed by atoms with Crippen molar-refractivity contribution in [1.82, 2.24) is 9.21 Å². The molecule has 0 amide bonds. The zero-order valence-corrected chi connectivity index (χ0v) is 18.0. The van der Waals surface area contributed by atoms with Crippen molar-refractivity contribution in [3.63, 3.8) is 0 Å². The maximum Gasteiger partial charge on any atom is 0.293 e. The second-order valence-corrected chi connectivity index (χ2v) is 10.3. The lowest BCUT2D eigenvalue weighted by molar-refractivity contribution is -0.384. The standard InChI is InChI=1S/C20H30N4O5S/c25-24(26)20-12-18(30(27,28)23-10-3-1-2-4-11-23)7-8-19(20)21-13-17-14-22-9-5-6-16(22)15-29-17/h7-8,12,16-17,21H,1-6,9-11,13-15H2/t16-,17+/m0/s1. The van der Waals surface area contributed by atoms with Crippen LogP contribution in [0.4, 0.5) is 11.4 Å². The number of fused-ring (bicyclic) bond motifs is 1. The number of nitro benzene ring substituents is 1. The van der Waals surface area contributed by atoms with E-state index in [9.17, 15) is 18.5 Å². The first kappa shape index (κ1) is 21.5. The molecule has 3 aliphatic rings. The number of sulfonamides is 1. The van der Waals surface area contributed by atoms with E-state index < -0.39 is 14.9 Å². The van der Waals surface area contributed by atoms with Gasteiger partial charge in [-0.25, -0.2) is 8.42 Å². The molecule has 2 atom stereocenters. The second kappa shape index (κ2) is 9.17. The molecule has 0 spiro atoms. The van der Waals surface area contributed by atoms with Crippen molar-refractivity contribution < 1.29 is 18.1 Å². The van der Waals surface area contributed by atoms with E-state index in [4.69, 9.17) is 4.74 Å². The number of ether oxygens (including phenoxy) is 1. The molecule has 3 fully saturated rings. The molecule has 10 heteroatoms. The minimum atomic E-state index is -3.73. The summed E-state index contributed by atoms with van der Waals surface area (Å²) in [5.74, 6) is 0. The number of rotatable bonds is 6. The molecule has 0 bridgehead atoms. The Morgan fingerprint density at radius 2 is 1.90 bits per heavy atom. The lowest BCUT2D eigenvalue weighted by Gasteiger charge is -2.35. The first-order valence-electron chi connectivity index (χ1n) is 10.8. The van der Waals surface area contributed by atoms with Crippen molar-refractivity contribution in [2.45, 2.75) is 55.6 Å². The molecule has 4 rings (SSSR count). The average Bonchev–Trinajstić information content (AvgIpc) is 3.02. The minimum Gasteiger partial charge on any atom is -0.377 e. The van der Waals surface area contributed by atoms with Crippen LogP contribution in [-0.2, 0) is 14.8 Å². The van der Waals surface area contributed by atoms with Gasteiger partial charge in [0.2, 0.25) is 10.0 Å². The summed E-state index contributed by atoms with van der Waals surface area (Å²) in [5, 5.41) is 14.8. The molecule has 1 aromatic rings. The van der Waals surface area contributed by atoms with E-state index in [1.54, 1.807) is 0 Å². The third-order valence-electron chi connectivity index (χ3n) is 6.35. The van der Waals surface area contributed by atoms with Gasteiger partial charge in [0, 0.05) is 38.3 Å². The monoisotopic (exact) mass is 438 g/mol. The van der Waals surface area contributed by atoms with Crippen LogP contribution in [0.5, 0.6) is 0 Å². The van der Waals surface area contributed by atoms with Crippen molar-refractivity contribution in [1.29, 1.82) is 0 Å². The highest BCUT2D eigenvalue weighted by atomic mass is 32.2. The molecule has 0 saturated carbocycles. The Labute approximate surface area is 177 Å². The van der Waals surface area contributed by atoms with Gasteiger partial charge in [-0.3, -0.25) is 15.0 Å². The van der Waals surface area contributed by atoms with Crippen molar-refractivity contribution in [3.8, 4) is 0 Å². The van der Waals surface area contributed by atoms with Crippen molar-refractivity contribution >= 4 is 21.4 Å². The number of nitrogens with zero attached hydrogens (tertiary/aromatic N) is 3. The SMILES string of the molecule is O=[N+]([O-])c1cc(S(=O)(=O)N2CCCCCC2)ccc1NC[C@@H]1CN2CCC[C@H]2CO1. The summed E-state index contributed by atoms with van der Waals surface area (Å²) in [4.78, 5) is 13.5. The number of nitrogens with one attached hydrogen (secondary N) is 1. The van der Waals surface area contributed by atoms with Crippen molar-refractivity contribution in [3.05, 3.63) is 28.3 Å². The third-order valence-corrected chi connectivity index (χ3v) is 8.25. The van der Waals surface area contributed by atoms with Crippen LogP contribution in [0.15, 0.2) is 23.1 Å². The number of morpholine rings is 1. The van der Waals surface area contributed by atoms with E-state index in [1.807, 2.05) is 0 Å². The Morgan fingerprint density at radius 3 is 2.63 bits per heavy atom. The summed E-state index contributed by atoms with van der Waals surface area (Å²) in [6, 6.07) is 4.65. The molecule has 0 radical (unpaired) electrons. The van der Waals surface area contributed by atoms with Crippen LogP contribution in [0.3, 0.4) is 0 Å². The summed E-state index contributed by atoms with van der Waals surface area (Å²) >= 11 is 0. The van der Waals surface area contributed by atoms with Gasteiger partial charge in [-0.15, -0.1) is 0 Å². The van der Waals surface area contributed by atoms with Crippen LogP contribution in [-0.4, -0.2) is 74.0 Å². The fourth-order valence-corrected chi connectivity index (χ4v) is 6.17. The number of hydrogen-bond acceptors (Lipinski definition) is 7. The zero-order valence-electron chi connectivity index (χ0n) is 17.2. The van der Waals surface area contributed by atoms with Gasteiger partial charge in [0.05, 0.1) is 22.5 Å². The lowest BCUT2D eigenvalue weighted by Crippen LogP contribution is -2.48. The molecule has 166 valence electrons. The topological polar surface area (TPSA) is 105 Å². The molecule has 0 aromatic heterocycles. The predicted molar refractivity (Wildman–Crippen MR) is 113 cm³/mol. The molecule has 3 heterocycles. The zero-order chi connectivity index (χ0) is 21.1. The first-order chi connectivity index (χ1) is 14.4. The van der Waals surface area contributed by atoms with Crippen LogP contribution in [0.25, 0.3) is 0 Å². The number of nitro groups is 1. The summed E-state index contributed by atoms with van der Waals surface area (Å²) < 4.78 is 33.3. The van der Waals surface area contributed by atoms with Crippen molar-refractivity contribution in [2.75, 3.05) is 44.6 Å². The fourth-order valence-electron chi connectivity index (χ4n) is 4.64. The molecule has 0 aliphatic carbocycles. The number of benzene rings is 1. The summed E-state index contributed by atoms with van der Waals surface area (Å²) in [6.45, 7) is 3.96. The highest BCUT2D eigenvalue weighted by Crippen LogP contribution is 2.30. The van der Waals surface area contributed by atoms with Gasteiger partial charge < -0.3 is 10.1 Å². The quantitative estimate of drug-likeness (QED) is 0.537. The van der Waals surface area contributed by atoms with E-state index in [0.717, 1.165) is 38.8 Å². The normalized spacial score (nSPS) is 26.1. The predicted octanol–water partition coefficient (Wildman–Crippen LogP) is 2.43. The van der Waals surface area contributed by atoms with Gasteiger partial charge >= 0.3 is 0 Å². The number of anilines is 1. The summed E-state index contributed by atoms with van der Waals surface area (Å²) in [7, 11) is -3.73. The van der Waals surface area contributed by atoms with Gasteiger partial charge in [0.25, 0.3) is 5.69 Å². The van der Waals surface area contributed by atoms with Crippen LogP contribution in [0, 0.1) is 10.1 Å². The largest absolute Gasteiger partial charge is 0.377 e. The van der Waals surface area contributed by atoms with E-state index in [0.29, 0.717) is 38.0 Å². The van der Waals surface area contributed by atoms with Gasteiger partial charge in [0.1, 0.15) is 5.69 Å². The average molecular weight is 439 g/mol. The van der Waals surface area contributed by atoms with Gasteiger partial charge in [-0.1, -0.05) is 12.8 Å². The minimum absolute atomic E-state index is 0.0181. The molecule has 1 aromatic carbocycles. The van der Waals surface area contributed by atoms with E-state index in [1.165, 1.54) is 35.3 Å². The van der Waals surface area contributed by atoms with E-state index in [2.05, 4.69) is 10.2 Å². The molecular formula is C20H30N4O5S. The number of hydrogen-bond donors (Lipinski definition) is 1. The maximum absolute atomic E-state index is 13.0. The Kier molecular flexibility index (Phi) is 6.57. The molecule has 1 N–H and O–H groups in total. The van der Waals surface area contributed by atoms with E-state index >= 15 is 0 Å². The molecule has 3 saturated heterocycles. The van der Waals surface area contributed by atoms with Crippen LogP contribution in [0.1, 0.15) is 38.5 Å². The van der Waals surface area contributed by atoms with Crippen LogP contribution in [0.2, 0.25) is 0 Å². The lowest BCUT2D eigenvalue weighted by atomic mass is 10.2. The molecule has 3 aliphatic heterocycles. The Bertz CT molecular complexity index is 870. The Hall–Kier alpha value is -1.75. The van der Waals surface area contributed by atoms with E-state index in [-0.39, 0.29) is 16.7 Å². The fraction of sp³-hybridized carbons (Fsp3) is 0.700. The highest BCUT2D eigenvalue weighted by Gasteiger charge is 2.33. The summed E-state index contributed by atoms with van der Waals surface area (Å²) in [6.07, 6.45) is 5.97. The molecule has 9 nitrogen and oxygen atoms in total. The Balaban J connectivity index is 1.47. The third kappa shape index (κ3) is 4.61. The maximum atomic E-state index is 13.0. The van der Waals surface area contributed by atoms with Gasteiger partial charge in [-0.05, 0) is 44.4 Å². The van der Waals surface area contributed by atoms with Gasteiger partial charge in [-0.2, -0.15) is 4.31 Å². The molecular weight excluding hydrogens is 408 g/mol. The smallest absolute Gasteiger partial charge is 0.293 e. The van der Waals surface area contributed by atoms with Gasteiger partial charge in [0.15, 0.2) is 0 Å². The second-order valence-electron chi connectivity index (χ2n) is 8.38. The Morgan fingerprint density at radius 1 is 1.13 bits per heavy atom. The summed E-state index contributed by atoms with van der Waals surface area (Å²) in [5.41, 5.74) is 0.0997. The van der Waals surface area contributed by atoms with Crippen LogP contribution >= 0.6 is 0 Å². The van der Waals surface area contributed by atoms with Crippen LogP contribution < -0.4 is 5.32 Å². The molecule has 0 unspecified atom stereocenters. The molecule has 30 heavy (non-hydrogen) atoms. The first-order valence-corrected chi connectivity index (χ1v) is 12.3.